The van der Waals surface area contributed by atoms with E-state index in [4.69, 9.17) is 5.11 Å². The van der Waals surface area contributed by atoms with Gasteiger partial charge in [0.05, 0.1) is 0 Å². The third-order valence-corrected chi connectivity index (χ3v) is 3.15. The van der Waals surface area contributed by atoms with Crippen LogP contribution in [0.15, 0.2) is 30.5 Å². The van der Waals surface area contributed by atoms with E-state index in [1.165, 1.54) is 6.92 Å². The summed E-state index contributed by atoms with van der Waals surface area (Å²) in [4.78, 5) is 40.9. The topological polar surface area (TPSA) is 142 Å². The van der Waals surface area contributed by atoms with E-state index in [9.17, 15) is 19.5 Å². The maximum Gasteiger partial charge on any atom is 0.342 e. The van der Waals surface area contributed by atoms with E-state index in [0.717, 1.165) is 6.20 Å². The maximum atomic E-state index is 11.7. The second-order valence-electron chi connectivity index (χ2n) is 5.09. The molecule has 25 heavy (non-hydrogen) atoms. The standard InChI is InChI=1S/C16H16N4O5/c1-9(21)17-7-6-13(22)19-11-4-2-10(3-5-11)14-18-8-12(16(24)25)15(23)20-14/h2-5,8H,6-7H2,1H3,(H,17,21)(H,19,22)(H,24,25)(H,18,20,23). The molecule has 1 aromatic heterocycles. The Kier molecular flexibility index (Phi) is 5.62. The summed E-state index contributed by atoms with van der Waals surface area (Å²) in [6.07, 6.45) is 1.17. The number of nitrogens with zero attached hydrogens (tertiary/aromatic N) is 2. The van der Waals surface area contributed by atoms with Crippen LogP contribution in [-0.4, -0.2) is 44.5 Å². The fraction of sp³-hybridized carbons (Fsp3) is 0.188. The third-order valence-electron chi connectivity index (χ3n) is 3.15. The van der Waals surface area contributed by atoms with Gasteiger partial charge in [0.1, 0.15) is 5.56 Å². The fourth-order valence-electron chi connectivity index (χ4n) is 1.94. The Morgan fingerprint density at radius 1 is 1.16 bits per heavy atom. The van der Waals surface area contributed by atoms with Gasteiger partial charge in [0.2, 0.25) is 17.7 Å². The number of rotatable bonds is 6. The van der Waals surface area contributed by atoms with Crippen molar-refractivity contribution in [2.45, 2.75) is 13.3 Å². The Morgan fingerprint density at radius 3 is 2.40 bits per heavy atom. The predicted molar refractivity (Wildman–Crippen MR) is 88.0 cm³/mol. The van der Waals surface area contributed by atoms with E-state index in [1.807, 2.05) is 0 Å². The second kappa shape index (κ2) is 7.86. The first-order valence-corrected chi connectivity index (χ1v) is 7.31. The number of carbonyl (C=O) groups excluding carboxylic acids is 2. The molecule has 0 radical (unpaired) electrons. The number of benzene rings is 1. The van der Waals surface area contributed by atoms with Gasteiger partial charge in [0, 0.05) is 37.3 Å². The van der Waals surface area contributed by atoms with E-state index in [2.05, 4.69) is 20.6 Å². The zero-order valence-electron chi connectivity index (χ0n) is 13.3. The summed E-state index contributed by atoms with van der Waals surface area (Å²) in [5, 5.41) is 23.6. The Balaban J connectivity index is 2.02. The molecule has 2 aromatic rings. The molecule has 0 saturated heterocycles. The minimum Gasteiger partial charge on any atom is -0.493 e. The number of hydrogen-bond acceptors (Lipinski definition) is 6. The monoisotopic (exact) mass is 344 g/mol. The van der Waals surface area contributed by atoms with Gasteiger partial charge in [-0.3, -0.25) is 9.59 Å². The van der Waals surface area contributed by atoms with Crippen LogP contribution >= 0.6 is 0 Å². The molecule has 0 spiro atoms. The van der Waals surface area contributed by atoms with Crippen molar-refractivity contribution in [3.05, 3.63) is 36.0 Å². The number of aromatic carboxylic acids is 1. The number of carboxylic acids is 1. The highest BCUT2D eigenvalue weighted by molar-refractivity contribution is 5.91. The Bertz CT molecular complexity index is 805. The van der Waals surface area contributed by atoms with Gasteiger partial charge in [-0.05, 0) is 24.3 Å². The van der Waals surface area contributed by atoms with Crippen LogP contribution < -0.4 is 10.6 Å². The largest absolute Gasteiger partial charge is 0.493 e. The molecule has 0 unspecified atom stereocenters. The summed E-state index contributed by atoms with van der Waals surface area (Å²) >= 11 is 0. The number of nitrogens with one attached hydrogen (secondary N) is 2. The molecular formula is C16H16N4O5. The fourth-order valence-corrected chi connectivity index (χ4v) is 1.94. The molecule has 9 heteroatoms. The normalized spacial score (nSPS) is 10.1. The lowest BCUT2D eigenvalue weighted by Crippen LogP contribution is -2.25. The Hall–Kier alpha value is -3.49. The molecule has 0 atom stereocenters. The molecule has 0 saturated carbocycles. The van der Waals surface area contributed by atoms with E-state index < -0.39 is 11.8 Å². The van der Waals surface area contributed by atoms with Crippen molar-refractivity contribution >= 4 is 23.5 Å². The van der Waals surface area contributed by atoms with Crippen LogP contribution in [0.5, 0.6) is 5.88 Å². The summed E-state index contributed by atoms with van der Waals surface area (Å²) < 4.78 is 0. The zero-order valence-corrected chi connectivity index (χ0v) is 13.3. The van der Waals surface area contributed by atoms with Gasteiger partial charge < -0.3 is 20.8 Å². The summed E-state index contributed by atoms with van der Waals surface area (Å²) in [5.74, 6) is -2.23. The van der Waals surface area contributed by atoms with Gasteiger partial charge >= 0.3 is 5.97 Å². The van der Waals surface area contributed by atoms with Crippen molar-refractivity contribution < 1.29 is 24.6 Å². The van der Waals surface area contributed by atoms with Crippen LogP contribution in [0.25, 0.3) is 11.4 Å². The van der Waals surface area contributed by atoms with E-state index in [1.54, 1.807) is 24.3 Å². The van der Waals surface area contributed by atoms with Crippen molar-refractivity contribution in [3.8, 4) is 17.3 Å². The van der Waals surface area contributed by atoms with Crippen LogP contribution in [0.3, 0.4) is 0 Å². The number of hydrogen-bond donors (Lipinski definition) is 4. The van der Waals surface area contributed by atoms with Gasteiger partial charge in [0.25, 0.3) is 0 Å². The zero-order chi connectivity index (χ0) is 18.4. The van der Waals surface area contributed by atoms with Crippen LogP contribution in [0.2, 0.25) is 0 Å². The lowest BCUT2D eigenvalue weighted by molar-refractivity contribution is -0.119. The summed E-state index contributed by atoms with van der Waals surface area (Å²) in [5.41, 5.74) is 0.707. The highest BCUT2D eigenvalue weighted by atomic mass is 16.4. The second-order valence-corrected chi connectivity index (χ2v) is 5.09. The van der Waals surface area contributed by atoms with E-state index >= 15 is 0 Å². The molecule has 1 heterocycles. The first kappa shape index (κ1) is 17.9. The summed E-state index contributed by atoms with van der Waals surface area (Å²) in [7, 11) is 0. The van der Waals surface area contributed by atoms with Gasteiger partial charge in [-0.25, -0.2) is 9.78 Å². The molecule has 4 N–H and O–H groups in total. The minimum absolute atomic E-state index is 0.148. The number of anilines is 1. The van der Waals surface area contributed by atoms with Gasteiger partial charge in [-0.15, -0.1) is 0 Å². The molecular weight excluding hydrogens is 328 g/mol. The summed E-state index contributed by atoms with van der Waals surface area (Å²) in [6.45, 7) is 1.63. The molecule has 0 aliphatic carbocycles. The lowest BCUT2D eigenvalue weighted by atomic mass is 10.2. The van der Waals surface area contributed by atoms with Crippen molar-refractivity contribution in [2.24, 2.45) is 0 Å². The van der Waals surface area contributed by atoms with Crippen molar-refractivity contribution in [1.29, 1.82) is 0 Å². The van der Waals surface area contributed by atoms with Gasteiger partial charge in [-0.2, -0.15) is 4.98 Å². The number of amides is 2. The van der Waals surface area contributed by atoms with Crippen molar-refractivity contribution in [3.63, 3.8) is 0 Å². The Labute approximate surface area is 142 Å². The average Bonchev–Trinajstić information content (AvgIpc) is 2.54. The third kappa shape index (κ3) is 4.99. The number of carboxylic acid groups (broad SMARTS) is 1. The molecule has 0 fully saturated rings. The van der Waals surface area contributed by atoms with Crippen LogP contribution in [0.4, 0.5) is 5.69 Å². The molecule has 2 amide bonds. The first-order chi connectivity index (χ1) is 11.9. The molecule has 0 aliphatic rings. The smallest absolute Gasteiger partial charge is 0.342 e. The number of carbonyl (C=O) groups is 3. The molecule has 0 aliphatic heterocycles. The van der Waals surface area contributed by atoms with Crippen LogP contribution in [0, 0.1) is 0 Å². The molecule has 130 valence electrons. The van der Waals surface area contributed by atoms with E-state index in [-0.39, 0.29) is 36.2 Å². The first-order valence-electron chi connectivity index (χ1n) is 7.31. The van der Waals surface area contributed by atoms with Gasteiger partial charge in [-0.1, -0.05) is 0 Å². The lowest BCUT2D eigenvalue weighted by Gasteiger charge is -2.07. The van der Waals surface area contributed by atoms with E-state index in [0.29, 0.717) is 11.3 Å². The van der Waals surface area contributed by atoms with Crippen LogP contribution in [-0.2, 0) is 9.59 Å². The number of aromatic nitrogens is 2. The average molecular weight is 344 g/mol. The van der Waals surface area contributed by atoms with Crippen LogP contribution in [0.1, 0.15) is 23.7 Å². The quantitative estimate of drug-likeness (QED) is 0.612. The molecule has 9 nitrogen and oxygen atoms in total. The summed E-state index contributed by atoms with van der Waals surface area (Å²) in [6, 6.07) is 6.49. The highest BCUT2D eigenvalue weighted by Crippen LogP contribution is 2.21. The predicted octanol–water partition coefficient (Wildman–Crippen LogP) is 1.01. The van der Waals surface area contributed by atoms with Crippen molar-refractivity contribution in [2.75, 3.05) is 11.9 Å². The van der Waals surface area contributed by atoms with Gasteiger partial charge in [0.15, 0.2) is 5.82 Å². The minimum atomic E-state index is -1.32. The molecule has 2 rings (SSSR count). The van der Waals surface area contributed by atoms with Crippen molar-refractivity contribution in [1.82, 2.24) is 15.3 Å². The Morgan fingerprint density at radius 2 is 1.84 bits per heavy atom. The SMILES string of the molecule is CC(=O)NCCC(=O)Nc1ccc(-c2ncc(C(=O)O)c(O)n2)cc1. The number of aromatic hydroxyl groups is 1. The maximum absolute atomic E-state index is 11.7. The highest BCUT2D eigenvalue weighted by Gasteiger charge is 2.13. The molecule has 0 bridgehead atoms. The molecule has 1 aromatic carbocycles.